The van der Waals surface area contributed by atoms with Gasteiger partial charge in [-0.15, -0.1) is 0 Å². The zero-order chi connectivity index (χ0) is 20.1. The molecule has 1 aliphatic carbocycles. The van der Waals surface area contributed by atoms with Crippen LogP contribution in [0.2, 0.25) is 5.02 Å². The van der Waals surface area contributed by atoms with E-state index in [0.717, 1.165) is 11.3 Å². The van der Waals surface area contributed by atoms with Crippen LogP contribution in [0.1, 0.15) is 23.5 Å². The highest BCUT2D eigenvalue weighted by Gasteiger charge is 2.73. The van der Waals surface area contributed by atoms with Crippen LogP contribution in [0.15, 0.2) is 42.5 Å². The number of benzene rings is 2. The Bertz CT molecular complexity index is 860. The van der Waals surface area contributed by atoms with Crippen molar-refractivity contribution in [1.29, 1.82) is 0 Å². The number of piperazine rings is 1. The first-order valence-electron chi connectivity index (χ1n) is 9.31. The van der Waals surface area contributed by atoms with Crippen LogP contribution in [0, 0.1) is 12.7 Å². The summed E-state index contributed by atoms with van der Waals surface area (Å²) in [5.74, 6) is -1.08. The fourth-order valence-corrected chi connectivity index (χ4v) is 4.62. The lowest BCUT2D eigenvalue weighted by molar-refractivity contribution is -0.199. The lowest BCUT2D eigenvalue weighted by Crippen LogP contribution is -2.57. The van der Waals surface area contributed by atoms with Gasteiger partial charge in [-0.05, 0) is 48.7 Å². The van der Waals surface area contributed by atoms with Crippen LogP contribution in [0.25, 0.3) is 0 Å². The SMILES string of the molecule is Cc1ccc(Cl)cc1N1CCN(C2(C(F)(F)F)C[C@H]2c2ccc(F)cc2)CC1. The van der Waals surface area contributed by atoms with Crippen LogP contribution in [0.4, 0.5) is 23.2 Å². The Kier molecular flexibility index (Phi) is 4.82. The monoisotopic (exact) mass is 412 g/mol. The first kappa shape index (κ1) is 19.5. The minimum absolute atomic E-state index is 0.0261. The molecule has 2 nitrogen and oxygen atoms in total. The molecule has 4 rings (SSSR count). The van der Waals surface area contributed by atoms with Crippen molar-refractivity contribution in [1.82, 2.24) is 4.90 Å². The third kappa shape index (κ3) is 3.26. The molecule has 1 unspecified atom stereocenters. The van der Waals surface area contributed by atoms with Gasteiger partial charge in [-0.1, -0.05) is 29.8 Å². The van der Waals surface area contributed by atoms with E-state index in [1.54, 1.807) is 4.90 Å². The molecule has 2 aromatic carbocycles. The number of anilines is 1. The maximum Gasteiger partial charge on any atom is 0.407 e. The maximum absolute atomic E-state index is 14.1. The van der Waals surface area contributed by atoms with Crippen molar-refractivity contribution in [3.05, 3.63) is 64.4 Å². The van der Waals surface area contributed by atoms with Crippen LogP contribution in [0.3, 0.4) is 0 Å². The van der Waals surface area contributed by atoms with Gasteiger partial charge < -0.3 is 4.90 Å². The Labute approximate surface area is 166 Å². The van der Waals surface area contributed by atoms with E-state index in [1.807, 2.05) is 25.1 Å². The van der Waals surface area contributed by atoms with E-state index in [0.29, 0.717) is 36.8 Å². The summed E-state index contributed by atoms with van der Waals surface area (Å²) in [6, 6.07) is 11.0. The van der Waals surface area contributed by atoms with E-state index in [1.165, 1.54) is 24.3 Å². The third-order valence-corrected chi connectivity index (χ3v) is 6.29. The number of hydrogen-bond donors (Lipinski definition) is 0. The van der Waals surface area contributed by atoms with E-state index < -0.39 is 23.5 Å². The van der Waals surface area contributed by atoms with Crippen molar-refractivity contribution >= 4 is 17.3 Å². The van der Waals surface area contributed by atoms with E-state index in [-0.39, 0.29) is 6.42 Å². The van der Waals surface area contributed by atoms with Gasteiger partial charge in [0.1, 0.15) is 11.4 Å². The maximum atomic E-state index is 14.1. The van der Waals surface area contributed by atoms with Crippen LogP contribution in [0.5, 0.6) is 0 Å². The minimum atomic E-state index is -4.33. The summed E-state index contributed by atoms with van der Waals surface area (Å²) in [4.78, 5) is 3.66. The van der Waals surface area contributed by atoms with Crippen LogP contribution in [-0.4, -0.2) is 42.8 Å². The Morgan fingerprint density at radius 3 is 2.25 bits per heavy atom. The van der Waals surface area contributed by atoms with Gasteiger partial charge in [0.15, 0.2) is 0 Å². The van der Waals surface area contributed by atoms with Gasteiger partial charge in [0, 0.05) is 42.8 Å². The van der Waals surface area contributed by atoms with Crippen LogP contribution >= 0.6 is 11.6 Å². The molecule has 150 valence electrons. The fourth-order valence-electron chi connectivity index (χ4n) is 4.45. The Morgan fingerprint density at radius 2 is 1.64 bits per heavy atom. The van der Waals surface area contributed by atoms with Gasteiger partial charge in [0.2, 0.25) is 0 Å². The highest BCUT2D eigenvalue weighted by molar-refractivity contribution is 6.30. The average molecular weight is 413 g/mol. The number of hydrogen-bond acceptors (Lipinski definition) is 2. The summed E-state index contributed by atoms with van der Waals surface area (Å²) in [6.45, 7) is 3.64. The molecule has 0 spiro atoms. The quantitative estimate of drug-likeness (QED) is 0.623. The predicted octanol–water partition coefficient (Wildman–Crippen LogP) is 5.40. The predicted molar refractivity (Wildman–Crippen MR) is 103 cm³/mol. The lowest BCUT2D eigenvalue weighted by Gasteiger charge is -2.42. The second kappa shape index (κ2) is 6.92. The molecule has 0 N–H and O–H groups in total. The van der Waals surface area contributed by atoms with E-state index in [2.05, 4.69) is 4.90 Å². The zero-order valence-electron chi connectivity index (χ0n) is 15.4. The molecule has 7 heteroatoms. The summed E-state index contributed by atoms with van der Waals surface area (Å²) < 4.78 is 55.4. The number of nitrogens with zero attached hydrogens (tertiary/aromatic N) is 2. The molecule has 0 radical (unpaired) electrons. The number of halogens is 5. The highest BCUT2D eigenvalue weighted by atomic mass is 35.5. The van der Waals surface area contributed by atoms with Gasteiger partial charge in [0.25, 0.3) is 0 Å². The van der Waals surface area contributed by atoms with Crippen LogP contribution in [-0.2, 0) is 0 Å². The van der Waals surface area contributed by atoms with Crippen LogP contribution < -0.4 is 4.90 Å². The lowest BCUT2D eigenvalue weighted by atomic mass is 10.0. The molecule has 0 aromatic heterocycles. The first-order valence-corrected chi connectivity index (χ1v) is 9.68. The normalized spacial score (nSPS) is 25.8. The minimum Gasteiger partial charge on any atom is -0.369 e. The molecular weight excluding hydrogens is 392 g/mol. The van der Waals surface area contributed by atoms with Crippen molar-refractivity contribution in [2.75, 3.05) is 31.1 Å². The standard InChI is InChI=1S/C21H21ClF4N2/c1-14-2-5-16(22)12-19(14)27-8-10-28(11-9-27)20(21(24,25)26)13-18(20)15-3-6-17(23)7-4-15/h2-7,12,18H,8-11,13H2,1H3/t18-,20?/m0/s1. The molecule has 28 heavy (non-hydrogen) atoms. The van der Waals surface area contributed by atoms with Gasteiger partial charge in [-0.3, -0.25) is 4.90 Å². The molecule has 2 aromatic rings. The van der Waals surface area contributed by atoms with Gasteiger partial charge in [0.05, 0.1) is 0 Å². The molecule has 1 saturated carbocycles. The van der Waals surface area contributed by atoms with E-state index in [4.69, 9.17) is 11.6 Å². The molecule has 2 aliphatic rings. The Morgan fingerprint density at radius 1 is 1.00 bits per heavy atom. The van der Waals surface area contributed by atoms with Crippen molar-refractivity contribution in [2.24, 2.45) is 0 Å². The van der Waals surface area contributed by atoms with Crippen molar-refractivity contribution in [3.8, 4) is 0 Å². The molecule has 1 aliphatic heterocycles. The molecule has 0 bridgehead atoms. The molecule has 2 fully saturated rings. The highest BCUT2D eigenvalue weighted by Crippen LogP contribution is 2.63. The largest absolute Gasteiger partial charge is 0.407 e. The summed E-state index contributed by atoms with van der Waals surface area (Å²) in [5, 5.41) is 0.619. The second-order valence-electron chi connectivity index (χ2n) is 7.64. The van der Waals surface area contributed by atoms with Crippen molar-refractivity contribution < 1.29 is 17.6 Å². The fraction of sp³-hybridized carbons (Fsp3) is 0.429. The zero-order valence-corrected chi connectivity index (χ0v) is 16.2. The summed E-state index contributed by atoms with van der Waals surface area (Å²) in [6.07, 6.45) is -4.31. The van der Waals surface area contributed by atoms with Gasteiger partial charge in [-0.2, -0.15) is 13.2 Å². The third-order valence-electron chi connectivity index (χ3n) is 6.05. The summed E-state index contributed by atoms with van der Waals surface area (Å²) in [7, 11) is 0. The number of rotatable bonds is 3. The molecule has 0 amide bonds. The smallest absolute Gasteiger partial charge is 0.369 e. The van der Waals surface area contributed by atoms with Gasteiger partial charge >= 0.3 is 6.18 Å². The van der Waals surface area contributed by atoms with Crippen molar-refractivity contribution in [2.45, 2.75) is 31.0 Å². The molecular formula is C21H21ClF4N2. The molecule has 1 heterocycles. The Balaban J connectivity index is 1.53. The summed E-state index contributed by atoms with van der Waals surface area (Å²) >= 11 is 6.09. The topological polar surface area (TPSA) is 6.48 Å². The number of aryl methyl sites for hydroxylation is 1. The average Bonchev–Trinajstić information content (AvgIpc) is 3.42. The Hall–Kier alpha value is -1.79. The molecule has 2 atom stereocenters. The molecule has 1 saturated heterocycles. The van der Waals surface area contributed by atoms with E-state index in [9.17, 15) is 17.6 Å². The van der Waals surface area contributed by atoms with Crippen molar-refractivity contribution in [3.63, 3.8) is 0 Å². The second-order valence-corrected chi connectivity index (χ2v) is 8.07. The first-order chi connectivity index (χ1) is 13.2. The summed E-state index contributed by atoms with van der Waals surface area (Å²) in [5.41, 5.74) is 0.727. The van der Waals surface area contributed by atoms with Gasteiger partial charge in [-0.25, -0.2) is 4.39 Å². The number of alkyl halides is 3. The van der Waals surface area contributed by atoms with E-state index >= 15 is 0 Å².